The van der Waals surface area contributed by atoms with Crippen LogP contribution >= 0.6 is 0 Å². The highest BCUT2D eigenvalue weighted by Crippen LogP contribution is 2.44. The molecule has 1 fully saturated rings. The zero-order chi connectivity index (χ0) is 21.9. The third-order valence-corrected chi connectivity index (χ3v) is 6.15. The molecule has 1 saturated carbocycles. The third-order valence-electron chi connectivity index (χ3n) is 6.15. The van der Waals surface area contributed by atoms with Gasteiger partial charge in [-0.2, -0.15) is 0 Å². The molecule has 4 nitrogen and oxygen atoms in total. The molecule has 1 aromatic carbocycles. The standard InChI is InChI=1S/C25H37FO4/c1-3-4-7-11-22(27)18-13-15-19(16-14-18)25-20(21(26)17-23(25)28)10-8-5-6-9-12-24(29)30-2/h5,8,13-16,20-23,25,27-28H,3-4,6-7,9-12,17H2,1-2H3/b8-5-/t20-,21-,22?,23+,25+/m0/s1. The Bertz CT molecular complexity index is 658. The molecule has 0 aromatic heterocycles. The van der Waals surface area contributed by atoms with Crippen LogP contribution in [0.5, 0.6) is 0 Å². The van der Waals surface area contributed by atoms with E-state index in [-0.39, 0.29) is 24.2 Å². The second-order valence-corrected chi connectivity index (χ2v) is 8.36. The quantitative estimate of drug-likeness (QED) is 0.270. The lowest BCUT2D eigenvalue weighted by atomic mass is 9.84. The molecule has 1 aliphatic rings. The number of hydrogen-bond acceptors (Lipinski definition) is 4. The highest BCUT2D eigenvalue weighted by molar-refractivity contribution is 5.69. The van der Waals surface area contributed by atoms with Crippen molar-refractivity contribution in [1.29, 1.82) is 0 Å². The smallest absolute Gasteiger partial charge is 0.305 e. The van der Waals surface area contributed by atoms with Crippen LogP contribution in [0.3, 0.4) is 0 Å². The van der Waals surface area contributed by atoms with Gasteiger partial charge in [0.1, 0.15) is 6.17 Å². The van der Waals surface area contributed by atoms with Crippen LogP contribution in [0.4, 0.5) is 4.39 Å². The lowest BCUT2D eigenvalue weighted by molar-refractivity contribution is -0.140. The predicted molar refractivity (Wildman–Crippen MR) is 117 cm³/mol. The normalized spacial score (nSPS) is 25.0. The Morgan fingerprint density at radius 1 is 1.23 bits per heavy atom. The fourth-order valence-corrected chi connectivity index (χ4v) is 4.36. The van der Waals surface area contributed by atoms with E-state index in [1.807, 2.05) is 36.4 Å². The molecular weight excluding hydrogens is 383 g/mol. The summed E-state index contributed by atoms with van der Waals surface area (Å²) in [4.78, 5) is 11.1. The number of carbonyl (C=O) groups excluding carboxylic acids is 1. The number of ether oxygens (including phenoxy) is 1. The summed E-state index contributed by atoms with van der Waals surface area (Å²) in [6, 6.07) is 7.67. The SMILES string of the molecule is CCCCCC(O)c1ccc([C@@H]2[C@@H](C/C=C\CCCC(=O)OC)[C@@H](F)C[C@H]2O)cc1. The number of methoxy groups -OCH3 is 1. The zero-order valence-corrected chi connectivity index (χ0v) is 18.3. The van der Waals surface area contributed by atoms with Gasteiger partial charge in [-0.1, -0.05) is 62.6 Å². The van der Waals surface area contributed by atoms with Gasteiger partial charge in [-0.05, 0) is 36.8 Å². The number of aliphatic hydroxyl groups is 2. The Labute approximate surface area is 180 Å². The van der Waals surface area contributed by atoms with Crippen molar-refractivity contribution in [3.8, 4) is 0 Å². The number of unbranched alkanes of at least 4 members (excludes halogenated alkanes) is 3. The van der Waals surface area contributed by atoms with Gasteiger partial charge in [-0.25, -0.2) is 4.39 Å². The van der Waals surface area contributed by atoms with E-state index in [2.05, 4.69) is 11.7 Å². The van der Waals surface area contributed by atoms with Crippen LogP contribution in [0.25, 0.3) is 0 Å². The van der Waals surface area contributed by atoms with Gasteiger partial charge in [-0.3, -0.25) is 4.79 Å². The minimum absolute atomic E-state index is 0.160. The maximum atomic E-state index is 14.6. The Morgan fingerprint density at radius 3 is 2.63 bits per heavy atom. The summed E-state index contributed by atoms with van der Waals surface area (Å²) in [5, 5.41) is 20.8. The van der Waals surface area contributed by atoms with Gasteiger partial charge in [0.2, 0.25) is 0 Å². The Kier molecular flexibility index (Phi) is 10.5. The van der Waals surface area contributed by atoms with E-state index in [0.29, 0.717) is 19.3 Å². The number of allylic oxidation sites excluding steroid dienone is 2. The van der Waals surface area contributed by atoms with Crippen molar-refractivity contribution in [1.82, 2.24) is 0 Å². The van der Waals surface area contributed by atoms with Crippen molar-refractivity contribution in [2.75, 3.05) is 7.11 Å². The van der Waals surface area contributed by atoms with Crippen molar-refractivity contribution in [2.45, 2.75) is 89.0 Å². The van der Waals surface area contributed by atoms with Gasteiger partial charge in [-0.15, -0.1) is 0 Å². The first-order chi connectivity index (χ1) is 14.5. The van der Waals surface area contributed by atoms with Crippen molar-refractivity contribution >= 4 is 5.97 Å². The second kappa shape index (κ2) is 12.9. The topological polar surface area (TPSA) is 66.8 Å². The number of benzene rings is 1. The summed E-state index contributed by atoms with van der Waals surface area (Å²) in [6.07, 6.45) is 8.27. The van der Waals surface area contributed by atoms with E-state index in [0.717, 1.165) is 43.2 Å². The highest BCUT2D eigenvalue weighted by atomic mass is 19.1. The fraction of sp³-hybridized carbons (Fsp3) is 0.640. The van der Waals surface area contributed by atoms with Crippen LogP contribution in [-0.4, -0.2) is 35.6 Å². The van der Waals surface area contributed by atoms with E-state index >= 15 is 0 Å². The number of rotatable bonds is 12. The monoisotopic (exact) mass is 420 g/mol. The Hall–Kier alpha value is -1.72. The molecule has 1 unspecified atom stereocenters. The molecule has 30 heavy (non-hydrogen) atoms. The molecule has 5 heteroatoms. The van der Waals surface area contributed by atoms with E-state index in [1.54, 1.807) is 0 Å². The Morgan fingerprint density at radius 2 is 1.97 bits per heavy atom. The minimum Gasteiger partial charge on any atom is -0.469 e. The number of alkyl halides is 1. The molecule has 0 saturated heterocycles. The van der Waals surface area contributed by atoms with Crippen molar-refractivity contribution in [2.24, 2.45) is 5.92 Å². The van der Waals surface area contributed by atoms with Crippen LogP contribution in [-0.2, 0) is 9.53 Å². The molecule has 0 aliphatic heterocycles. The first-order valence-corrected chi connectivity index (χ1v) is 11.3. The van der Waals surface area contributed by atoms with Gasteiger partial charge in [0.25, 0.3) is 0 Å². The lowest BCUT2D eigenvalue weighted by Gasteiger charge is -2.23. The maximum absolute atomic E-state index is 14.6. The molecule has 2 rings (SSSR count). The minimum atomic E-state index is -1.04. The molecule has 1 aliphatic carbocycles. The average molecular weight is 421 g/mol. The van der Waals surface area contributed by atoms with Gasteiger partial charge in [0.15, 0.2) is 0 Å². The largest absolute Gasteiger partial charge is 0.469 e. The van der Waals surface area contributed by atoms with Crippen LogP contribution < -0.4 is 0 Å². The first-order valence-electron chi connectivity index (χ1n) is 11.3. The molecule has 0 bridgehead atoms. The number of hydrogen-bond donors (Lipinski definition) is 2. The summed E-state index contributed by atoms with van der Waals surface area (Å²) in [5.74, 6) is -0.728. The molecular formula is C25H37FO4. The number of halogens is 1. The third kappa shape index (κ3) is 7.21. The van der Waals surface area contributed by atoms with Crippen molar-refractivity contribution < 1.29 is 24.1 Å². The van der Waals surface area contributed by atoms with Gasteiger partial charge in [0.05, 0.1) is 19.3 Å². The first kappa shape index (κ1) is 24.5. The van der Waals surface area contributed by atoms with Crippen LogP contribution in [0.2, 0.25) is 0 Å². The van der Waals surface area contributed by atoms with Crippen molar-refractivity contribution in [3.63, 3.8) is 0 Å². The molecule has 0 spiro atoms. The van der Waals surface area contributed by atoms with E-state index in [1.165, 1.54) is 7.11 Å². The summed E-state index contributed by atoms with van der Waals surface area (Å²) in [7, 11) is 1.38. The van der Waals surface area contributed by atoms with E-state index in [4.69, 9.17) is 0 Å². The number of esters is 1. The fourth-order valence-electron chi connectivity index (χ4n) is 4.36. The number of carbonyl (C=O) groups is 1. The Balaban J connectivity index is 1.94. The van der Waals surface area contributed by atoms with Crippen molar-refractivity contribution in [3.05, 3.63) is 47.5 Å². The van der Waals surface area contributed by atoms with E-state index in [9.17, 15) is 19.4 Å². The van der Waals surface area contributed by atoms with Gasteiger partial charge < -0.3 is 14.9 Å². The summed E-state index contributed by atoms with van der Waals surface area (Å²) in [5.41, 5.74) is 1.80. The van der Waals surface area contributed by atoms with Crippen LogP contribution in [0.15, 0.2) is 36.4 Å². The summed E-state index contributed by atoms with van der Waals surface area (Å²) >= 11 is 0. The van der Waals surface area contributed by atoms with Crippen LogP contribution in [0.1, 0.15) is 87.9 Å². The maximum Gasteiger partial charge on any atom is 0.305 e. The lowest BCUT2D eigenvalue weighted by Crippen LogP contribution is -2.18. The second-order valence-electron chi connectivity index (χ2n) is 8.36. The zero-order valence-electron chi connectivity index (χ0n) is 18.3. The molecule has 0 amide bonds. The number of aliphatic hydroxyl groups excluding tert-OH is 2. The molecule has 5 atom stereocenters. The average Bonchev–Trinajstić information content (AvgIpc) is 3.03. The summed E-state index contributed by atoms with van der Waals surface area (Å²) < 4.78 is 19.2. The molecule has 2 N–H and O–H groups in total. The molecule has 168 valence electrons. The summed E-state index contributed by atoms with van der Waals surface area (Å²) in [6.45, 7) is 2.14. The van der Waals surface area contributed by atoms with Gasteiger partial charge >= 0.3 is 5.97 Å². The molecule has 1 aromatic rings. The van der Waals surface area contributed by atoms with Gasteiger partial charge in [0, 0.05) is 24.7 Å². The molecule has 0 radical (unpaired) electrons. The predicted octanol–water partition coefficient (Wildman–Crippen LogP) is 5.39. The highest BCUT2D eigenvalue weighted by Gasteiger charge is 2.42. The van der Waals surface area contributed by atoms with E-state index < -0.39 is 18.4 Å². The molecule has 0 heterocycles. The van der Waals surface area contributed by atoms with Crippen LogP contribution in [0, 0.1) is 5.92 Å².